The zero-order valence-corrected chi connectivity index (χ0v) is 14.6. The van der Waals surface area contributed by atoms with Crippen molar-refractivity contribution in [2.24, 2.45) is 5.14 Å². The van der Waals surface area contributed by atoms with E-state index in [0.29, 0.717) is 11.3 Å². The highest BCUT2D eigenvalue weighted by Crippen LogP contribution is 2.33. The third kappa shape index (κ3) is 3.93. The molecule has 0 atom stereocenters. The van der Waals surface area contributed by atoms with Gasteiger partial charge in [-0.25, -0.2) is 23.2 Å². The van der Waals surface area contributed by atoms with Crippen LogP contribution >= 0.6 is 0 Å². The van der Waals surface area contributed by atoms with Gasteiger partial charge in [-0.15, -0.1) is 0 Å². The van der Waals surface area contributed by atoms with Gasteiger partial charge in [0.1, 0.15) is 10.6 Å². The number of rotatable bonds is 4. The number of nitrogens with two attached hydrogens (primary N) is 1. The topological polar surface area (TPSA) is 100 Å². The van der Waals surface area contributed by atoms with Crippen LogP contribution in [0.15, 0.2) is 53.6 Å². The van der Waals surface area contributed by atoms with Gasteiger partial charge in [0.15, 0.2) is 11.5 Å². The first-order valence-electron chi connectivity index (χ1n) is 7.40. The van der Waals surface area contributed by atoms with E-state index in [-0.39, 0.29) is 16.4 Å². The monoisotopic (exact) mass is 398 g/mol. The minimum Gasteiger partial charge on any atom is -0.497 e. The van der Waals surface area contributed by atoms with Crippen LogP contribution < -0.4 is 9.88 Å². The number of pyridine rings is 1. The van der Waals surface area contributed by atoms with Gasteiger partial charge in [0, 0.05) is 11.8 Å². The largest absolute Gasteiger partial charge is 0.497 e. The maximum absolute atomic E-state index is 13.1. The molecule has 0 aliphatic heterocycles. The lowest BCUT2D eigenvalue weighted by atomic mass is 10.1. The van der Waals surface area contributed by atoms with Crippen LogP contribution in [0, 0.1) is 0 Å². The number of benzene rings is 1. The Morgan fingerprint density at radius 2 is 1.78 bits per heavy atom. The fourth-order valence-electron chi connectivity index (χ4n) is 2.33. The number of hydrogen-bond donors (Lipinski definition) is 1. The van der Waals surface area contributed by atoms with E-state index in [1.54, 1.807) is 24.3 Å². The third-order valence-electron chi connectivity index (χ3n) is 3.65. The molecule has 3 aromatic rings. The van der Waals surface area contributed by atoms with E-state index in [2.05, 4.69) is 10.1 Å². The normalized spacial score (nSPS) is 12.2. The lowest BCUT2D eigenvalue weighted by Crippen LogP contribution is -2.13. The average Bonchev–Trinajstić information content (AvgIpc) is 3.07. The number of sulfonamides is 1. The van der Waals surface area contributed by atoms with Crippen molar-refractivity contribution >= 4 is 10.0 Å². The predicted octanol–water partition coefficient (Wildman–Crippen LogP) is 2.61. The molecule has 0 radical (unpaired) electrons. The summed E-state index contributed by atoms with van der Waals surface area (Å²) in [5, 5.41) is 8.58. The molecule has 0 spiro atoms. The van der Waals surface area contributed by atoms with Crippen molar-refractivity contribution in [3.05, 3.63) is 54.4 Å². The lowest BCUT2D eigenvalue weighted by Gasteiger charge is -2.08. The highest BCUT2D eigenvalue weighted by atomic mass is 32.2. The quantitative estimate of drug-likeness (QED) is 0.728. The Morgan fingerprint density at radius 1 is 1.11 bits per heavy atom. The summed E-state index contributed by atoms with van der Waals surface area (Å²) in [7, 11) is -2.51. The van der Waals surface area contributed by atoms with Crippen LogP contribution in [0.3, 0.4) is 0 Å². The first kappa shape index (κ1) is 18.9. The number of methoxy groups -OCH3 is 1. The standard InChI is InChI=1S/C16H13F3N4O3S/c1-26-11-4-2-10(3-5-11)13-8-14(16(17,18)19)22-23(13)15-7-6-12(9-21-15)27(20,24)25/h2-9H,1H3,(H2,20,24,25). The van der Waals surface area contributed by atoms with Gasteiger partial charge in [0.2, 0.25) is 10.0 Å². The highest BCUT2D eigenvalue weighted by Gasteiger charge is 2.35. The Labute approximate surface area is 152 Å². The van der Waals surface area contributed by atoms with Crippen molar-refractivity contribution in [1.82, 2.24) is 14.8 Å². The molecule has 0 aliphatic rings. The second-order valence-electron chi connectivity index (χ2n) is 5.45. The maximum atomic E-state index is 13.1. The van der Waals surface area contributed by atoms with Gasteiger partial charge in [-0.05, 0) is 42.5 Å². The van der Waals surface area contributed by atoms with E-state index < -0.39 is 21.9 Å². The van der Waals surface area contributed by atoms with Crippen LogP contribution in [0.5, 0.6) is 5.75 Å². The van der Waals surface area contributed by atoms with E-state index in [9.17, 15) is 21.6 Å². The van der Waals surface area contributed by atoms with Gasteiger partial charge >= 0.3 is 6.18 Å². The molecule has 11 heteroatoms. The predicted molar refractivity (Wildman–Crippen MR) is 89.7 cm³/mol. The van der Waals surface area contributed by atoms with Gasteiger partial charge in [-0.3, -0.25) is 0 Å². The molecule has 1 aromatic carbocycles. The average molecular weight is 398 g/mol. The Balaban J connectivity index is 2.14. The Bertz CT molecular complexity index is 1060. The molecular weight excluding hydrogens is 385 g/mol. The summed E-state index contributed by atoms with van der Waals surface area (Å²) in [6.45, 7) is 0. The molecular formula is C16H13F3N4O3S. The molecule has 2 N–H and O–H groups in total. The van der Waals surface area contributed by atoms with E-state index in [1.165, 1.54) is 13.2 Å². The molecule has 2 aromatic heterocycles. The first-order valence-corrected chi connectivity index (χ1v) is 8.95. The molecule has 0 aliphatic carbocycles. The minimum absolute atomic E-state index is 0.00344. The number of ether oxygens (including phenoxy) is 1. The Morgan fingerprint density at radius 3 is 2.26 bits per heavy atom. The molecule has 3 rings (SSSR count). The van der Waals surface area contributed by atoms with Crippen molar-refractivity contribution in [1.29, 1.82) is 0 Å². The van der Waals surface area contributed by atoms with Crippen molar-refractivity contribution < 1.29 is 26.3 Å². The highest BCUT2D eigenvalue weighted by molar-refractivity contribution is 7.89. The first-order chi connectivity index (χ1) is 12.6. The van der Waals surface area contributed by atoms with E-state index in [0.717, 1.165) is 23.0 Å². The maximum Gasteiger partial charge on any atom is 0.435 e. The van der Waals surface area contributed by atoms with Crippen LogP contribution in [0.1, 0.15) is 5.69 Å². The molecule has 0 bridgehead atoms. The number of nitrogens with zero attached hydrogens (tertiary/aromatic N) is 3. The molecule has 7 nitrogen and oxygen atoms in total. The lowest BCUT2D eigenvalue weighted by molar-refractivity contribution is -0.141. The van der Waals surface area contributed by atoms with Gasteiger partial charge in [-0.1, -0.05) is 0 Å². The van der Waals surface area contributed by atoms with Crippen LogP contribution in [-0.2, 0) is 16.2 Å². The summed E-state index contributed by atoms with van der Waals surface area (Å²) in [5.41, 5.74) is -0.539. The van der Waals surface area contributed by atoms with Crippen molar-refractivity contribution in [3.63, 3.8) is 0 Å². The fraction of sp³-hybridized carbons (Fsp3) is 0.125. The van der Waals surface area contributed by atoms with E-state index in [4.69, 9.17) is 9.88 Å². The number of alkyl halides is 3. The molecule has 142 valence electrons. The summed E-state index contributed by atoms with van der Waals surface area (Å²) in [4.78, 5) is 3.62. The van der Waals surface area contributed by atoms with Crippen LogP contribution in [0.25, 0.3) is 17.1 Å². The zero-order valence-electron chi connectivity index (χ0n) is 13.8. The molecule has 0 saturated heterocycles. The van der Waals surface area contributed by atoms with E-state index >= 15 is 0 Å². The smallest absolute Gasteiger partial charge is 0.435 e. The number of primary sulfonamides is 1. The van der Waals surface area contributed by atoms with Crippen molar-refractivity contribution in [2.45, 2.75) is 11.1 Å². The summed E-state index contributed by atoms with van der Waals surface area (Å²) in [6.07, 6.45) is -3.70. The molecule has 0 fully saturated rings. The molecule has 0 saturated carbocycles. The number of aromatic nitrogens is 3. The van der Waals surface area contributed by atoms with Gasteiger partial charge in [0.05, 0.1) is 12.8 Å². The number of hydrogen-bond acceptors (Lipinski definition) is 5. The SMILES string of the molecule is COc1ccc(-c2cc(C(F)(F)F)nn2-c2ccc(S(N)(=O)=O)cn2)cc1. The van der Waals surface area contributed by atoms with Crippen LogP contribution in [0.2, 0.25) is 0 Å². The molecule has 2 heterocycles. The van der Waals surface area contributed by atoms with Crippen molar-refractivity contribution in [3.8, 4) is 22.8 Å². The Kier molecular flexibility index (Phi) is 4.66. The summed E-state index contributed by atoms with van der Waals surface area (Å²) < 4.78 is 68.1. The van der Waals surface area contributed by atoms with E-state index in [1.807, 2.05) is 0 Å². The minimum atomic E-state index is -4.66. The number of halogens is 3. The second kappa shape index (κ2) is 6.67. The van der Waals surface area contributed by atoms with Crippen LogP contribution in [-0.4, -0.2) is 30.3 Å². The van der Waals surface area contributed by atoms with Crippen LogP contribution in [0.4, 0.5) is 13.2 Å². The molecule has 0 amide bonds. The molecule has 27 heavy (non-hydrogen) atoms. The Hall–Kier alpha value is -2.92. The second-order valence-corrected chi connectivity index (χ2v) is 7.01. The third-order valence-corrected chi connectivity index (χ3v) is 4.55. The van der Waals surface area contributed by atoms with Gasteiger partial charge in [-0.2, -0.15) is 18.3 Å². The van der Waals surface area contributed by atoms with Crippen molar-refractivity contribution in [2.75, 3.05) is 7.11 Å². The summed E-state index contributed by atoms with van der Waals surface area (Å²) >= 11 is 0. The fourth-order valence-corrected chi connectivity index (χ4v) is 2.79. The van der Waals surface area contributed by atoms with Gasteiger partial charge < -0.3 is 4.74 Å². The zero-order chi connectivity index (χ0) is 19.8. The summed E-state index contributed by atoms with van der Waals surface area (Å²) in [6, 6.07) is 9.59. The molecule has 0 unspecified atom stereocenters. The summed E-state index contributed by atoms with van der Waals surface area (Å²) in [5.74, 6) is 0.542. The van der Waals surface area contributed by atoms with Gasteiger partial charge in [0.25, 0.3) is 0 Å².